The molecule has 62 valence electrons. The predicted octanol–water partition coefficient (Wildman–Crippen LogP) is 1.49. The Hall–Kier alpha value is -1.04. The number of esters is 1. The van der Waals surface area contributed by atoms with Crippen molar-refractivity contribution in [2.24, 2.45) is 5.92 Å². The normalized spacial score (nSPS) is 14.7. The van der Waals surface area contributed by atoms with Crippen molar-refractivity contribution < 1.29 is 9.53 Å². The second-order valence-corrected chi connectivity index (χ2v) is 2.47. The maximum Gasteiger partial charge on any atom is 0.302 e. The first-order chi connectivity index (χ1) is 5.11. The van der Waals surface area contributed by atoms with Crippen LogP contribution in [0.4, 0.5) is 0 Å². The van der Waals surface area contributed by atoms with Gasteiger partial charge in [-0.2, -0.15) is 5.26 Å². The van der Waals surface area contributed by atoms with Gasteiger partial charge in [0.1, 0.15) is 6.10 Å². The summed E-state index contributed by atoms with van der Waals surface area (Å²) in [5.74, 6) is -0.539. The molecule has 0 saturated carbocycles. The summed E-state index contributed by atoms with van der Waals surface area (Å²) in [5.41, 5.74) is 0. The predicted molar refractivity (Wildman–Crippen MR) is 40.6 cm³/mol. The highest BCUT2D eigenvalue weighted by Crippen LogP contribution is 2.09. The highest BCUT2D eigenvalue weighted by Gasteiger charge is 2.16. The molecule has 11 heavy (non-hydrogen) atoms. The van der Waals surface area contributed by atoms with Crippen LogP contribution in [0.3, 0.4) is 0 Å². The minimum absolute atomic E-state index is 0.219. The van der Waals surface area contributed by atoms with Gasteiger partial charge >= 0.3 is 5.97 Å². The Labute approximate surface area is 67.0 Å². The van der Waals surface area contributed by atoms with E-state index in [-0.39, 0.29) is 18.0 Å². The number of rotatable bonds is 3. The van der Waals surface area contributed by atoms with Crippen LogP contribution in [0.2, 0.25) is 0 Å². The number of hydrogen-bond acceptors (Lipinski definition) is 3. The first-order valence-electron chi connectivity index (χ1n) is 3.68. The highest BCUT2D eigenvalue weighted by atomic mass is 16.5. The molecule has 0 radical (unpaired) electrons. The van der Waals surface area contributed by atoms with Gasteiger partial charge in [0.2, 0.25) is 0 Å². The van der Waals surface area contributed by atoms with Crippen molar-refractivity contribution in [2.45, 2.75) is 33.3 Å². The Balaban J connectivity index is 3.97. The van der Waals surface area contributed by atoms with Gasteiger partial charge in [-0.25, -0.2) is 0 Å². The quantitative estimate of drug-likeness (QED) is 0.580. The summed E-state index contributed by atoms with van der Waals surface area (Å²) >= 11 is 0. The zero-order valence-corrected chi connectivity index (χ0v) is 7.13. The van der Waals surface area contributed by atoms with E-state index in [1.54, 1.807) is 6.92 Å². The molecule has 0 aliphatic carbocycles. The van der Waals surface area contributed by atoms with Crippen LogP contribution in [-0.2, 0) is 9.53 Å². The minimum atomic E-state index is -0.320. The van der Waals surface area contributed by atoms with E-state index >= 15 is 0 Å². The Morgan fingerprint density at radius 3 is 2.55 bits per heavy atom. The van der Waals surface area contributed by atoms with Crippen molar-refractivity contribution in [3.63, 3.8) is 0 Å². The van der Waals surface area contributed by atoms with Gasteiger partial charge < -0.3 is 4.74 Å². The molecule has 0 spiro atoms. The van der Waals surface area contributed by atoms with Crippen molar-refractivity contribution in [1.82, 2.24) is 0 Å². The Morgan fingerprint density at radius 2 is 2.27 bits per heavy atom. The molecule has 0 aromatic rings. The second kappa shape index (κ2) is 4.73. The maximum absolute atomic E-state index is 10.5. The van der Waals surface area contributed by atoms with E-state index in [1.807, 2.05) is 13.0 Å². The molecule has 2 unspecified atom stereocenters. The van der Waals surface area contributed by atoms with Crippen molar-refractivity contribution in [3.8, 4) is 6.07 Å². The van der Waals surface area contributed by atoms with Crippen LogP contribution >= 0.6 is 0 Å². The molecule has 0 aromatic carbocycles. The van der Waals surface area contributed by atoms with Crippen molar-refractivity contribution in [3.05, 3.63) is 0 Å². The molecule has 0 saturated heterocycles. The number of carbonyl (C=O) groups is 1. The molecular weight excluding hydrogens is 142 g/mol. The van der Waals surface area contributed by atoms with Crippen molar-refractivity contribution in [2.75, 3.05) is 0 Å². The standard InChI is InChI=1S/C8H13NO2/c1-4-8(6(2)5-9)11-7(3)10/h6,8H,4H2,1-3H3. The first-order valence-corrected chi connectivity index (χ1v) is 3.68. The van der Waals surface area contributed by atoms with E-state index in [4.69, 9.17) is 10.00 Å². The lowest BCUT2D eigenvalue weighted by Gasteiger charge is -2.16. The van der Waals surface area contributed by atoms with Gasteiger partial charge in [-0.1, -0.05) is 6.92 Å². The van der Waals surface area contributed by atoms with Crippen LogP contribution in [0.15, 0.2) is 0 Å². The summed E-state index contributed by atoms with van der Waals surface area (Å²) in [4.78, 5) is 10.5. The lowest BCUT2D eigenvalue weighted by atomic mass is 10.0. The lowest BCUT2D eigenvalue weighted by Crippen LogP contribution is -2.22. The monoisotopic (exact) mass is 155 g/mol. The fourth-order valence-electron chi connectivity index (χ4n) is 0.835. The summed E-state index contributed by atoms with van der Waals surface area (Å²) in [6.45, 7) is 4.99. The molecule has 0 aromatic heterocycles. The number of carbonyl (C=O) groups excluding carboxylic acids is 1. The molecule has 0 heterocycles. The third-order valence-corrected chi connectivity index (χ3v) is 1.48. The third-order valence-electron chi connectivity index (χ3n) is 1.48. The molecule has 3 heteroatoms. The van der Waals surface area contributed by atoms with Gasteiger partial charge in [-0.15, -0.1) is 0 Å². The van der Waals surface area contributed by atoms with Crippen LogP contribution in [-0.4, -0.2) is 12.1 Å². The molecule has 0 bridgehead atoms. The van der Waals surface area contributed by atoms with Gasteiger partial charge in [0.25, 0.3) is 0 Å². The smallest absolute Gasteiger partial charge is 0.302 e. The van der Waals surface area contributed by atoms with E-state index in [0.29, 0.717) is 6.42 Å². The number of hydrogen-bond donors (Lipinski definition) is 0. The Kier molecular flexibility index (Phi) is 4.28. The molecule has 0 amide bonds. The van der Waals surface area contributed by atoms with Crippen molar-refractivity contribution in [1.29, 1.82) is 5.26 Å². The zero-order valence-electron chi connectivity index (χ0n) is 7.13. The minimum Gasteiger partial charge on any atom is -0.461 e. The summed E-state index contributed by atoms with van der Waals surface area (Å²) in [6, 6.07) is 2.04. The van der Waals surface area contributed by atoms with Gasteiger partial charge in [0.15, 0.2) is 0 Å². The SMILES string of the molecule is CCC(OC(C)=O)C(C)C#N. The Morgan fingerprint density at radius 1 is 1.73 bits per heavy atom. The highest BCUT2D eigenvalue weighted by molar-refractivity contribution is 5.66. The topological polar surface area (TPSA) is 50.1 Å². The molecule has 0 N–H and O–H groups in total. The summed E-state index contributed by atoms with van der Waals surface area (Å²) in [7, 11) is 0. The molecular formula is C8H13NO2. The van der Waals surface area contributed by atoms with Gasteiger partial charge in [0.05, 0.1) is 12.0 Å². The van der Waals surface area contributed by atoms with E-state index in [1.165, 1.54) is 6.92 Å². The summed E-state index contributed by atoms with van der Waals surface area (Å²) < 4.78 is 4.89. The van der Waals surface area contributed by atoms with Crippen LogP contribution in [0, 0.1) is 17.2 Å². The number of nitrogens with zero attached hydrogens (tertiary/aromatic N) is 1. The molecule has 0 fully saturated rings. The molecule has 0 aliphatic heterocycles. The van der Waals surface area contributed by atoms with Gasteiger partial charge in [-0.3, -0.25) is 4.79 Å². The number of nitriles is 1. The van der Waals surface area contributed by atoms with Crippen molar-refractivity contribution >= 4 is 5.97 Å². The average Bonchev–Trinajstić information content (AvgIpc) is 1.98. The Bertz CT molecular complexity index is 171. The second-order valence-electron chi connectivity index (χ2n) is 2.47. The zero-order chi connectivity index (χ0) is 8.85. The first kappa shape index (κ1) is 9.96. The molecule has 2 atom stereocenters. The van der Waals surface area contributed by atoms with Crippen LogP contribution in [0.1, 0.15) is 27.2 Å². The van der Waals surface area contributed by atoms with Gasteiger partial charge in [-0.05, 0) is 13.3 Å². The van der Waals surface area contributed by atoms with Crippen LogP contribution in [0.25, 0.3) is 0 Å². The van der Waals surface area contributed by atoms with Crippen LogP contribution < -0.4 is 0 Å². The average molecular weight is 155 g/mol. The molecule has 0 aliphatic rings. The fraction of sp³-hybridized carbons (Fsp3) is 0.750. The largest absolute Gasteiger partial charge is 0.461 e. The summed E-state index contributed by atoms with van der Waals surface area (Å²) in [5, 5.41) is 8.51. The van der Waals surface area contributed by atoms with E-state index in [9.17, 15) is 4.79 Å². The fourth-order valence-corrected chi connectivity index (χ4v) is 0.835. The van der Waals surface area contributed by atoms with E-state index in [2.05, 4.69) is 0 Å². The van der Waals surface area contributed by atoms with Gasteiger partial charge in [0, 0.05) is 6.92 Å². The summed E-state index contributed by atoms with van der Waals surface area (Å²) in [6.07, 6.45) is 0.436. The number of ether oxygens (including phenoxy) is 1. The molecule has 3 nitrogen and oxygen atoms in total. The maximum atomic E-state index is 10.5. The third kappa shape index (κ3) is 3.61. The molecule has 0 rings (SSSR count). The van der Waals surface area contributed by atoms with Crippen LogP contribution in [0.5, 0.6) is 0 Å². The van der Waals surface area contributed by atoms with E-state index < -0.39 is 0 Å². The van der Waals surface area contributed by atoms with E-state index in [0.717, 1.165) is 0 Å². The lowest BCUT2D eigenvalue weighted by molar-refractivity contribution is -0.147.